The molecule has 0 bridgehead atoms. The van der Waals surface area contributed by atoms with Crippen LogP contribution in [0.15, 0.2) is 29.2 Å². The molecule has 0 spiro atoms. The molecular formula is C17H25N3O4S2. The van der Waals surface area contributed by atoms with Gasteiger partial charge in [0.1, 0.15) is 5.75 Å². The molecule has 4 N–H and O–H groups in total. The van der Waals surface area contributed by atoms with E-state index in [0.29, 0.717) is 35.7 Å². The van der Waals surface area contributed by atoms with Crippen LogP contribution in [0.2, 0.25) is 0 Å². The highest BCUT2D eigenvalue weighted by Gasteiger charge is 2.42. The Hall–Kier alpha value is -1.29. The average molecular weight is 400 g/mol. The van der Waals surface area contributed by atoms with E-state index in [4.69, 9.17) is 15.6 Å². The lowest BCUT2D eigenvalue weighted by molar-refractivity contribution is -0.127. The van der Waals surface area contributed by atoms with Crippen LogP contribution in [0.4, 0.5) is 0 Å². The Morgan fingerprint density at radius 1 is 1.23 bits per heavy atom. The first-order valence-electron chi connectivity index (χ1n) is 8.71. The number of fused-ring (bicyclic) bond motifs is 1. The van der Waals surface area contributed by atoms with Crippen LogP contribution < -0.4 is 15.6 Å². The SMILES string of the molecule is NC1CCC2CN(C(=O)CSCCOc3ccc(S(N)(=O)=O)cc3)CC12. The summed E-state index contributed by atoms with van der Waals surface area (Å²) >= 11 is 1.54. The van der Waals surface area contributed by atoms with Gasteiger partial charge in [0, 0.05) is 24.9 Å². The third-order valence-corrected chi connectivity index (χ3v) is 6.97. The Bertz CT molecular complexity index is 739. The molecule has 0 radical (unpaired) electrons. The van der Waals surface area contributed by atoms with Crippen molar-refractivity contribution in [2.45, 2.75) is 23.8 Å². The fourth-order valence-corrected chi connectivity index (χ4v) is 4.92. The molecule has 2 aliphatic rings. The Morgan fingerprint density at radius 3 is 2.62 bits per heavy atom. The summed E-state index contributed by atoms with van der Waals surface area (Å²) in [5.74, 6) is 2.95. The van der Waals surface area contributed by atoms with Crippen molar-refractivity contribution in [3.8, 4) is 5.75 Å². The monoisotopic (exact) mass is 399 g/mol. The lowest BCUT2D eigenvalue weighted by Gasteiger charge is -2.18. The molecule has 3 atom stereocenters. The highest BCUT2D eigenvalue weighted by Crippen LogP contribution is 2.37. The van der Waals surface area contributed by atoms with Gasteiger partial charge in [-0.05, 0) is 48.9 Å². The standard InChI is InChI=1S/C17H25N3O4S2/c18-16-6-1-12-9-20(10-15(12)16)17(21)11-25-8-7-24-13-2-4-14(5-3-13)26(19,22)23/h2-5,12,15-16H,1,6-11,18H2,(H2,19,22,23). The van der Waals surface area contributed by atoms with Crippen LogP contribution in [0.5, 0.6) is 5.75 Å². The van der Waals surface area contributed by atoms with Crippen molar-refractivity contribution in [3.05, 3.63) is 24.3 Å². The van der Waals surface area contributed by atoms with Gasteiger partial charge in [-0.25, -0.2) is 13.6 Å². The van der Waals surface area contributed by atoms with Gasteiger partial charge in [0.15, 0.2) is 0 Å². The van der Waals surface area contributed by atoms with E-state index in [-0.39, 0.29) is 16.8 Å². The van der Waals surface area contributed by atoms with Gasteiger partial charge in [-0.3, -0.25) is 4.79 Å². The summed E-state index contributed by atoms with van der Waals surface area (Å²) in [4.78, 5) is 14.3. The van der Waals surface area contributed by atoms with Crippen molar-refractivity contribution in [3.63, 3.8) is 0 Å². The Balaban J connectivity index is 1.34. The number of carbonyl (C=O) groups excluding carboxylic acids is 1. The summed E-state index contributed by atoms with van der Waals surface area (Å²) in [7, 11) is -3.69. The molecule has 1 amide bonds. The van der Waals surface area contributed by atoms with Crippen molar-refractivity contribution < 1.29 is 17.9 Å². The number of nitrogens with zero attached hydrogens (tertiary/aromatic N) is 1. The highest BCUT2D eigenvalue weighted by molar-refractivity contribution is 7.99. The molecule has 1 aromatic carbocycles. The average Bonchev–Trinajstić information content (AvgIpc) is 3.16. The third kappa shape index (κ3) is 4.70. The van der Waals surface area contributed by atoms with Crippen LogP contribution >= 0.6 is 11.8 Å². The van der Waals surface area contributed by atoms with Gasteiger partial charge in [-0.2, -0.15) is 0 Å². The normalized spacial score (nSPS) is 25.3. The summed E-state index contributed by atoms with van der Waals surface area (Å²) in [6.45, 7) is 2.10. The molecule has 144 valence electrons. The van der Waals surface area contributed by atoms with Crippen molar-refractivity contribution in [2.24, 2.45) is 22.7 Å². The number of hydrogen-bond donors (Lipinski definition) is 2. The number of thioether (sulfide) groups is 1. The predicted octanol–water partition coefficient (Wildman–Crippen LogP) is 0.642. The summed E-state index contributed by atoms with van der Waals surface area (Å²) in [6, 6.07) is 6.22. The van der Waals surface area contributed by atoms with E-state index in [1.54, 1.807) is 23.9 Å². The fraction of sp³-hybridized carbons (Fsp3) is 0.588. The zero-order chi connectivity index (χ0) is 18.7. The van der Waals surface area contributed by atoms with E-state index in [2.05, 4.69) is 0 Å². The zero-order valence-electron chi connectivity index (χ0n) is 14.5. The Labute approximate surface area is 158 Å². The van der Waals surface area contributed by atoms with Crippen LogP contribution in [-0.4, -0.2) is 56.5 Å². The van der Waals surface area contributed by atoms with Gasteiger partial charge in [0.2, 0.25) is 15.9 Å². The minimum Gasteiger partial charge on any atom is -0.493 e. The fourth-order valence-electron chi connectivity index (χ4n) is 3.71. The topological polar surface area (TPSA) is 116 Å². The Morgan fingerprint density at radius 2 is 1.96 bits per heavy atom. The van der Waals surface area contributed by atoms with E-state index in [9.17, 15) is 13.2 Å². The molecular weight excluding hydrogens is 374 g/mol. The van der Waals surface area contributed by atoms with Crippen LogP contribution in [-0.2, 0) is 14.8 Å². The van der Waals surface area contributed by atoms with Gasteiger partial charge >= 0.3 is 0 Å². The number of primary sulfonamides is 1. The highest BCUT2D eigenvalue weighted by atomic mass is 32.2. The van der Waals surface area contributed by atoms with Gasteiger partial charge < -0.3 is 15.4 Å². The molecule has 1 saturated heterocycles. The number of hydrogen-bond acceptors (Lipinski definition) is 6. The van der Waals surface area contributed by atoms with Crippen molar-refractivity contribution >= 4 is 27.7 Å². The van der Waals surface area contributed by atoms with Crippen LogP contribution in [0, 0.1) is 11.8 Å². The van der Waals surface area contributed by atoms with Crippen molar-refractivity contribution in [2.75, 3.05) is 31.2 Å². The van der Waals surface area contributed by atoms with Crippen LogP contribution in [0.3, 0.4) is 0 Å². The van der Waals surface area contributed by atoms with Crippen molar-refractivity contribution in [1.29, 1.82) is 0 Å². The van der Waals surface area contributed by atoms with E-state index in [1.165, 1.54) is 12.1 Å². The molecule has 1 heterocycles. The van der Waals surface area contributed by atoms with E-state index >= 15 is 0 Å². The second-order valence-electron chi connectivity index (χ2n) is 6.88. The smallest absolute Gasteiger partial charge is 0.238 e. The minimum atomic E-state index is -3.69. The second kappa shape index (κ2) is 8.16. The lowest BCUT2D eigenvalue weighted by Crippen LogP contribution is -2.34. The molecule has 1 aliphatic carbocycles. The number of likely N-dealkylation sites (tertiary alicyclic amines) is 1. The second-order valence-corrected chi connectivity index (χ2v) is 9.55. The predicted molar refractivity (Wildman–Crippen MR) is 101 cm³/mol. The molecule has 1 aromatic rings. The maximum atomic E-state index is 12.3. The molecule has 0 aromatic heterocycles. The van der Waals surface area contributed by atoms with Gasteiger partial charge in [0.25, 0.3) is 0 Å². The number of rotatable bonds is 7. The first kappa shape index (κ1) is 19.5. The third-order valence-electron chi connectivity index (χ3n) is 5.14. The molecule has 1 aliphatic heterocycles. The largest absolute Gasteiger partial charge is 0.493 e. The van der Waals surface area contributed by atoms with Gasteiger partial charge in [0.05, 0.1) is 17.3 Å². The number of ether oxygens (including phenoxy) is 1. The number of nitrogens with two attached hydrogens (primary N) is 2. The molecule has 3 unspecified atom stereocenters. The minimum absolute atomic E-state index is 0.0555. The van der Waals surface area contributed by atoms with Gasteiger partial charge in [-0.1, -0.05) is 0 Å². The van der Waals surface area contributed by atoms with E-state index in [1.807, 2.05) is 4.90 Å². The number of sulfonamides is 1. The summed E-state index contributed by atoms with van der Waals surface area (Å²) in [5, 5.41) is 5.05. The van der Waals surface area contributed by atoms with Crippen LogP contribution in [0.25, 0.3) is 0 Å². The number of benzene rings is 1. The number of carbonyl (C=O) groups is 1. The van der Waals surface area contributed by atoms with E-state index < -0.39 is 10.0 Å². The first-order valence-corrected chi connectivity index (χ1v) is 11.4. The summed E-state index contributed by atoms with van der Waals surface area (Å²) < 4.78 is 27.9. The molecule has 1 saturated carbocycles. The summed E-state index contributed by atoms with van der Waals surface area (Å²) in [5.41, 5.74) is 6.11. The zero-order valence-corrected chi connectivity index (χ0v) is 16.2. The van der Waals surface area contributed by atoms with E-state index in [0.717, 1.165) is 25.9 Å². The summed E-state index contributed by atoms with van der Waals surface area (Å²) in [6.07, 6.45) is 2.22. The number of amides is 1. The maximum Gasteiger partial charge on any atom is 0.238 e. The molecule has 2 fully saturated rings. The quantitative estimate of drug-likeness (QED) is 0.650. The molecule has 3 rings (SSSR count). The lowest BCUT2D eigenvalue weighted by atomic mass is 9.98. The van der Waals surface area contributed by atoms with Gasteiger partial charge in [-0.15, -0.1) is 11.8 Å². The van der Waals surface area contributed by atoms with Crippen molar-refractivity contribution in [1.82, 2.24) is 4.90 Å². The molecule has 7 nitrogen and oxygen atoms in total. The molecule has 26 heavy (non-hydrogen) atoms. The van der Waals surface area contributed by atoms with Crippen LogP contribution in [0.1, 0.15) is 12.8 Å². The first-order chi connectivity index (χ1) is 12.3. The maximum absolute atomic E-state index is 12.3. The Kier molecular flexibility index (Phi) is 6.11. The molecule has 9 heteroatoms.